The number of amides is 1. The molecule has 3 rings (SSSR count). The van der Waals surface area contributed by atoms with E-state index in [0.29, 0.717) is 24.0 Å². The molecule has 23 heavy (non-hydrogen) atoms. The van der Waals surface area contributed by atoms with Crippen molar-refractivity contribution in [2.75, 3.05) is 11.4 Å². The van der Waals surface area contributed by atoms with Gasteiger partial charge in [-0.05, 0) is 31.6 Å². The summed E-state index contributed by atoms with van der Waals surface area (Å²) in [7, 11) is 0. The summed E-state index contributed by atoms with van der Waals surface area (Å²) in [6.45, 7) is 0.649. The number of anilines is 1. The van der Waals surface area contributed by atoms with Crippen molar-refractivity contribution in [2.24, 2.45) is 0 Å². The van der Waals surface area contributed by atoms with Crippen molar-refractivity contribution in [1.82, 2.24) is 10.3 Å². The van der Waals surface area contributed by atoms with Crippen LogP contribution in [0.2, 0.25) is 5.15 Å². The largest absolute Gasteiger partial charge is 0.320 e. The summed E-state index contributed by atoms with van der Waals surface area (Å²) in [5.41, 5.74) is 0. The molecule has 1 N–H and O–H groups in total. The summed E-state index contributed by atoms with van der Waals surface area (Å²) in [6, 6.07) is -0.0641. The van der Waals surface area contributed by atoms with Crippen molar-refractivity contribution in [3.8, 4) is 6.19 Å². The Hall–Kier alpha value is -1.32. The maximum Gasteiger partial charge on any atom is 0.230 e. The lowest BCUT2D eigenvalue weighted by atomic mass is 9.88. The number of aromatic nitrogens is 1. The lowest BCUT2D eigenvalue weighted by molar-refractivity contribution is -0.118. The molecule has 7 heteroatoms. The zero-order chi connectivity index (χ0) is 16.2. The van der Waals surface area contributed by atoms with E-state index in [9.17, 15) is 4.79 Å². The van der Waals surface area contributed by atoms with E-state index in [1.165, 1.54) is 32.1 Å². The van der Waals surface area contributed by atoms with Gasteiger partial charge in [0.25, 0.3) is 0 Å². The molecule has 1 atom stereocenters. The molecule has 1 aromatic rings. The maximum absolute atomic E-state index is 12.5. The molecule has 0 unspecified atom stereocenters. The first kappa shape index (κ1) is 16.5. The van der Waals surface area contributed by atoms with Gasteiger partial charge in [-0.15, -0.1) is 0 Å². The summed E-state index contributed by atoms with van der Waals surface area (Å²) in [4.78, 5) is 19.9. The predicted octanol–water partition coefficient (Wildman–Crippen LogP) is 3.80. The molecule has 1 aromatic heterocycles. The van der Waals surface area contributed by atoms with Crippen molar-refractivity contribution in [3.05, 3.63) is 10.0 Å². The average molecular weight is 353 g/mol. The van der Waals surface area contributed by atoms with E-state index in [1.807, 2.05) is 6.19 Å². The van der Waals surface area contributed by atoms with Gasteiger partial charge in [-0.2, -0.15) is 5.26 Å². The molecule has 1 amide bonds. The number of carbonyl (C=O) groups excluding carboxylic acids is 1. The molecular formula is C16H21ClN4OS. The number of halogens is 1. The summed E-state index contributed by atoms with van der Waals surface area (Å²) >= 11 is 7.95. The Kier molecular flexibility index (Phi) is 5.39. The second-order valence-electron chi connectivity index (χ2n) is 6.33. The zero-order valence-electron chi connectivity index (χ0n) is 13.1. The Morgan fingerprint density at radius 2 is 2.04 bits per heavy atom. The number of hydrogen-bond acceptors (Lipinski definition) is 5. The van der Waals surface area contributed by atoms with E-state index in [-0.39, 0.29) is 11.9 Å². The van der Waals surface area contributed by atoms with Crippen LogP contribution in [0, 0.1) is 11.5 Å². The van der Waals surface area contributed by atoms with E-state index in [1.54, 1.807) is 16.2 Å². The van der Waals surface area contributed by atoms with Crippen LogP contribution in [-0.4, -0.2) is 23.5 Å². The fourth-order valence-corrected chi connectivity index (χ4v) is 5.06. The van der Waals surface area contributed by atoms with Crippen LogP contribution in [0.5, 0.6) is 0 Å². The van der Waals surface area contributed by atoms with Gasteiger partial charge < -0.3 is 5.32 Å². The minimum Gasteiger partial charge on any atom is -0.320 e. The number of nitrogens with zero attached hydrogens (tertiary/aromatic N) is 3. The molecule has 0 spiro atoms. The third-order valence-corrected chi connectivity index (χ3v) is 6.37. The van der Waals surface area contributed by atoms with Gasteiger partial charge >= 0.3 is 0 Å². The van der Waals surface area contributed by atoms with Crippen molar-refractivity contribution in [3.63, 3.8) is 0 Å². The normalized spacial score (nSPS) is 23.4. The van der Waals surface area contributed by atoms with E-state index in [4.69, 9.17) is 16.9 Å². The Labute approximate surface area is 145 Å². The van der Waals surface area contributed by atoms with E-state index < -0.39 is 0 Å². The third kappa shape index (κ3) is 3.78. The molecule has 2 aliphatic rings. The minimum absolute atomic E-state index is 0.0239. The van der Waals surface area contributed by atoms with Gasteiger partial charge in [0.1, 0.15) is 5.15 Å². The Morgan fingerprint density at radius 1 is 1.26 bits per heavy atom. The number of rotatable bonds is 3. The molecule has 1 aliphatic heterocycles. The highest BCUT2D eigenvalue weighted by molar-refractivity contribution is 7.16. The minimum atomic E-state index is -0.0641. The van der Waals surface area contributed by atoms with Gasteiger partial charge in [0.15, 0.2) is 11.3 Å². The van der Waals surface area contributed by atoms with Gasteiger partial charge in [-0.1, -0.05) is 42.2 Å². The second-order valence-corrected chi connectivity index (χ2v) is 7.70. The number of nitrogens with one attached hydrogen (secondary N) is 1. The lowest BCUT2D eigenvalue weighted by Crippen LogP contribution is -2.33. The molecule has 1 aliphatic carbocycles. The molecule has 124 valence electrons. The molecule has 0 radical (unpaired) electrons. The molecule has 2 fully saturated rings. The quantitative estimate of drug-likeness (QED) is 0.663. The number of hydrogen-bond donors (Lipinski definition) is 1. The van der Waals surface area contributed by atoms with Gasteiger partial charge in [-0.3, -0.25) is 9.69 Å². The van der Waals surface area contributed by atoms with Crippen molar-refractivity contribution >= 4 is 34.0 Å². The molecule has 0 bridgehead atoms. The number of nitriles is 1. The van der Waals surface area contributed by atoms with Gasteiger partial charge in [0.2, 0.25) is 5.91 Å². The average Bonchev–Trinajstić information content (AvgIpc) is 2.83. The van der Waals surface area contributed by atoms with Crippen LogP contribution in [-0.2, 0) is 4.79 Å². The van der Waals surface area contributed by atoms with Crippen LogP contribution in [0.4, 0.5) is 5.13 Å². The first-order valence-electron chi connectivity index (χ1n) is 8.30. The van der Waals surface area contributed by atoms with E-state index >= 15 is 0 Å². The van der Waals surface area contributed by atoms with Crippen molar-refractivity contribution < 1.29 is 4.79 Å². The number of carbonyl (C=O) groups is 1. The predicted molar refractivity (Wildman–Crippen MR) is 91.7 cm³/mol. The highest BCUT2D eigenvalue weighted by Crippen LogP contribution is 2.42. The molecule has 5 nitrogen and oxygen atoms in total. The molecular weight excluding hydrogens is 332 g/mol. The van der Waals surface area contributed by atoms with Gasteiger partial charge in [-0.25, -0.2) is 4.98 Å². The van der Waals surface area contributed by atoms with Crippen LogP contribution in [0.15, 0.2) is 0 Å². The summed E-state index contributed by atoms with van der Waals surface area (Å²) in [6.07, 6.45) is 10.1. The summed E-state index contributed by atoms with van der Waals surface area (Å²) in [5, 5.41) is 12.8. The standard InChI is InChI=1S/C16H21ClN4OS/c17-15-14(11-5-2-1-3-6-11)23-16(20-15)21-8-4-7-12(19-10-18)9-13(21)22/h11-12,19H,1-9H2/t12-/m1/s1. The Morgan fingerprint density at radius 3 is 2.78 bits per heavy atom. The Balaban J connectivity index is 1.76. The van der Waals surface area contributed by atoms with Crippen LogP contribution in [0.25, 0.3) is 0 Å². The van der Waals surface area contributed by atoms with Gasteiger partial charge in [0, 0.05) is 23.9 Å². The summed E-state index contributed by atoms with van der Waals surface area (Å²) < 4.78 is 0. The van der Waals surface area contributed by atoms with Crippen molar-refractivity contribution in [1.29, 1.82) is 5.26 Å². The highest BCUT2D eigenvalue weighted by atomic mass is 35.5. The Bertz CT molecular complexity index is 606. The monoisotopic (exact) mass is 352 g/mol. The van der Waals surface area contributed by atoms with Crippen LogP contribution >= 0.6 is 22.9 Å². The van der Waals surface area contributed by atoms with Crippen molar-refractivity contribution in [2.45, 2.75) is 63.3 Å². The van der Waals surface area contributed by atoms with Crippen LogP contribution < -0.4 is 10.2 Å². The summed E-state index contributed by atoms with van der Waals surface area (Å²) in [5.74, 6) is 0.522. The topological polar surface area (TPSA) is 69.0 Å². The second kappa shape index (κ2) is 7.50. The molecule has 1 saturated carbocycles. The first-order valence-corrected chi connectivity index (χ1v) is 9.49. The fraction of sp³-hybridized carbons (Fsp3) is 0.688. The van der Waals surface area contributed by atoms with Gasteiger partial charge in [0.05, 0.1) is 0 Å². The highest BCUT2D eigenvalue weighted by Gasteiger charge is 2.29. The van der Waals surface area contributed by atoms with E-state index in [2.05, 4.69) is 10.3 Å². The number of thiazole rings is 1. The first-order chi connectivity index (χ1) is 11.2. The van der Waals surface area contributed by atoms with E-state index in [0.717, 1.165) is 22.9 Å². The van der Waals surface area contributed by atoms with Crippen LogP contribution in [0.3, 0.4) is 0 Å². The molecule has 2 heterocycles. The smallest absolute Gasteiger partial charge is 0.230 e. The lowest BCUT2D eigenvalue weighted by Gasteiger charge is -2.20. The fourth-order valence-electron chi connectivity index (χ4n) is 3.49. The molecule has 0 aromatic carbocycles. The SMILES string of the molecule is N#CN[C@@H]1CCCN(c2nc(Cl)c(C3CCCCC3)s2)C(=O)C1. The maximum atomic E-state index is 12.5. The van der Waals surface area contributed by atoms with Crippen LogP contribution in [0.1, 0.15) is 62.2 Å². The third-order valence-electron chi connectivity index (χ3n) is 4.73. The zero-order valence-corrected chi connectivity index (χ0v) is 14.6. The molecule has 1 saturated heterocycles.